The van der Waals surface area contributed by atoms with Crippen LogP contribution in [-0.2, 0) is 12.1 Å². The number of amides is 1. The molecule has 0 radical (unpaired) electrons. The summed E-state index contributed by atoms with van der Waals surface area (Å²) in [4.78, 5) is 17.6. The van der Waals surface area contributed by atoms with E-state index < -0.39 is 11.9 Å². The number of carbonyl (C=O) groups excluding carboxylic acids is 1. The molecule has 1 amide bonds. The average molecular weight is 526 g/mol. The van der Waals surface area contributed by atoms with Gasteiger partial charge in [-0.1, -0.05) is 11.6 Å². The number of aliphatic hydroxyl groups is 1. The lowest BCUT2D eigenvalue weighted by atomic mass is 9.91. The SMILES string of the molecule is COc1cc(C(=O)NCC(O)c2cc3c(c(-c4ccc(F)c(Cl)c4)n2)CNC3(C)C)ccc1OC1CC1. The normalized spacial score (nSPS) is 16.7. The quantitative estimate of drug-likeness (QED) is 0.388. The zero-order valence-corrected chi connectivity index (χ0v) is 21.7. The van der Waals surface area contributed by atoms with Crippen molar-refractivity contribution >= 4 is 17.5 Å². The molecule has 1 aliphatic carbocycles. The molecule has 194 valence electrons. The van der Waals surface area contributed by atoms with Gasteiger partial charge < -0.3 is 25.2 Å². The molecule has 1 fully saturated rings. The van der Waals surface area contributed by atoms with Crippen LogP contribution in [0.25, 0.3) is 11.3 Å². The van der Waals surface area contributed by atoms with E-state index >= 15 is 0 Å². The maximum Gasteiger partial charge on any atom is 0.251 e. The van der Waals surface area contributed by atoms with Crippen molar-refractivity contribution in [2.24, 2.45) is 0 Å². The molecular formula is C28H29ClFN3O4. The molecule has 1 unspecified atom stereocenters. The fourth-order valence-electron chi connectivity index (χ4n) is 4.45. The maximum absolute atomic E-state index is 13.8. The van der Waals surface area contributed by atoms with Crippen LogP contribution in [0.4, 0.5) is 4.39 Å². The van der Waals surface area contributed by atoms with E-state index in [2.05, 4.69) is 10.6 Å². The van der Waals surface area contributed by atoms with Gasteiger partial charge in [0.2, 0.25) is 0 Å². The van der Waals surface area contributed by atoms with E-state index in [1.54, 1.807) is 24.3 Å². The Labute approximate surface area is 220 Å². The van der Waals surface area contributed by atoms with Crippen LogP contribution >= 0.6 is 11.6 Å². The Kier molecular flexibility index (Phi) is 6.83. The Hall–Kier alpha value is -3.20. The molecule has 9 heteroatoms. The van der Waals surface area contributed by atoms with Gasteiger partial charge in [0.25, 0.3) is 5.91 Å². The van der Waals surface area contributed by atoms with E-state index in [4.69, 9.17) is 26.1 Å². The van der Waals surface area contributed by atoms with Gasteiger partial charge in [0.15, 0.2) is 11.5 Å². The molecule has 7 nitrogen and oxygen atoms in total. The lowest BCUT2D eigenvalue weighted by molar-refractivity contribution is 0.0913. The molecule has 0 saturated heterocycles. The topological polar surface area (TPSA) is 92.7 Å². The van der Waals surface area contributed by atoms with Crippen molar-refractivity contribution in [1.29, 1.82) is 0 Å². The summed E-state index contributed by atoms with van der Waals surface area (Å²) in [5.74, 6) is 0.221. The lowest BCUT2D eigenvalue weighted by Crippen LogP contribution is -2.30. The predicted molar refractivity (Wildman–Crippen MR) is 138 cm³/mol. The molecule has 2 heterocycles. The molecule has 1 saturated carbocycles. The summed E-state index contributed by atoms with van der Waals surface area (Å²) in [5, 5.41) is 17.2. The zero-order valence-electron chi connectivity index (χ0n) is 20.9. The third-order valence-corrected chi connectivity index (χ3v) is 7.05. The van der Waals surface area contributed by atoms with Crippen LogP contribution in [0.2, 0.25) is 5.02 Å². The maximum atomic E-state index is 13.8. The molecule has 3 N–H and O–H groups in total. The van der Waals surface area contributed by atoms with Crippen LogP contribution in [0.1, 0.15) is 60.0 Å². The number of rotatable bonds is 8. The molecule has 0 bridgehead atoms. The van der Waals surface area contributed by atoms with Crippen molar-refractivity contribution in [3.05, 3.63) is 75.7 Å². The number of benzene rings is 2. The summed E-state index contributed by atoms with van der Waals surface area (Å²) in [6, 6.07) is 11.3. The van der Waals surface area contributed by atoms with E-state index in [-0.39, 0.29) is 29.1 Å². The Morgan fingerprint density at radius 1 is 1.24 bits per heavy atom. The monoisotopic (exact) mass is 525 g/mol. The second kappa shape index (κ2) is 9.93. The summed E-state index contributed by atoms with van der Waals surface area (Å²) in [6.45, 7) is 4.62. The second-order valence-electron chi connectivity index (χ2n) is 9.94. The highest BCUT2D eigenvalue weighted by Gasteiger charge is 2.33. The zero-order chi connectivity index (χ0) is 26.3. The van der Waals surface area contributed by atoms with Crippen LogP contribution in [0.3, 0.4) is 0 Å². The Morgan fingerprint density at radius 2 is 2.03 bits per heavy atom. The number of carbonyl (C=O) groups is 1. The van der Waals surface area contributed by atoms with Gasteiger partial charge in [-0.25, -0.2) is 9.37 Å². The van der Waals surface area contributed by atoms with Gasteiger partial charge in [0, 0.05) is 29.8 Å². The first-order valence-electron chi connectivity index (χ1n) is 12.2. The van der Waals surface area contributed by atoms with Crippen molar-refractivity contribution in [2.75, 3.05) is 13.7 Å². The number of halogens is 2. The van der Waals surface area contributed by atoms with Gasteiger partial charge in [-0.05, 0) is 80.3 Å². The molecule has 1 aromatic heterocycles. The fourth-order valence-corrected chi connectivity index (χ4v) is 4.63. The number of ether oxygens (including phenoxy) is 2. The largest absolute Gasteiger partial charge is 0.493 e. The number of hydrogen-bond donors (Lipinski definition) is 3. The summed E-state index contributed by atoms with van der Waals surface area (Å²) in [7, 11) is 1.53. The standard InChI is InChI=1S/C28H29ClFN3O4/c1-28(2)19-12-22(33-26(18(19)13-32-28)15-4-8-21(30)20(29)10-15)23(34)14-31-27(35)16-5-9-24(25(11-16)36-3)37-17-6-7-17/h4-5,8-12,17,23,32,34H,6-7,13-14H2,1-3H3,(H,31,35). The van der Waals surface area contributed by atoms with E-state index in [0.29, 0.717) is 40.6 Å². The van der Waals surface area contributed by atoms with Gasteiger partial charge in [0.05, 0.1) is 29.6 Å². The molecule has 1 aliphatic heterocycles. The van der Waals surface area contributed by atoms with Crippen molar-refractivity contribution in [3.63, 3.8) is 0 Å². The first-order valence-corrected chi connectivity index (χ1v) is 12.6. The van der Waals surface area contributed by atoms with Gasteiger partial charge in [-0.15, -0.1) is 0 Å². The highest BCUT2D eigenvalue weighted by molar-refractivity contribution is 6.31. The van der Waals surface area contributed by atoms with E-state index in [1.165, 1.54) is 19.2 Å². The van der Waals surface area contributed by atoms with Gasteiger partial charge >= 0.3 is 0 Å². The van der Waals surface area contributed by atoms with E-state index in [0.717, 1.165) is 24.0 Å². The Balaban J connectivity index is 1.37. The Morgan fingerprint density at radius 3 is 2.73 bits per heavy atom. The highest BCUT2D eigenvalue weighted by atomic mass is 35.5. The number of fused-ring (bicyclic) bond motifs is 1. The van der Waals surface area contributed by atoms with Crippen molar-refractivity contribution in [2.45, 2.75) is 51.0 Å². The van der Waals surface area contributed by atoms with Gasteiger partial charge in [-0.3, -0.25) is 4.79 Å². The number of aliphatic hydroxyl groups excluding tert-OH is 1. The highest BCUT2D eigenvalue weighted by Crippen LogP contribution is 2.38. The minimum absolute atomic E-state index is 0.000425. The summed E-state index contributed by atoms with van der Waals surface area (Å²) >= 11 is 6.04. The molecule has 2 aromatic carbocycles. The van der Waals surface area contributed by atoms with Crippen molar-refractivity contribution in [3.8, 4) is 22.8 Å². The first-order chi connectivity index (χ1) is 17.7. The minimum atomic E-state index is -1.07. The van der Waals surface area contributed by atoms with Crippen LogP contribution in [0.15, 0.2) is 42.5 Å². The fraction of sp³-hybridized carbons (Fsp3) is 0.357. The van der Waals surface area contributed by atoms with Crippen LogP contribution in [-0.4, -0.2) is 35.8 Å². The number of nitrogens with zero attached hydrogens (tertiary/aromatic N) is 1. The third kappa shape index (κ3) is 5.28. The minimum Gasteiger partial charge on any atom is -0.493 e. The van der Waals surface area contributed by atoms with Crippen molar-refractivity contribution in [1.82, 2.24) is 15.6 Å². The number of aromatic nitrogens is 1. The molecule has 5 rings (SSSR count). The first kappa shape index (κ1) is 25.4. The van der Waals surface area contributed by atoms with Crippen molar-refractivity contribution < 1.29 is 23.8 Å². The van der Waals surface area contributed by atoms with Crippen LogP contribution in [0, 0.1) is 5.82 Å². The Bertz CT molecular complexity index is 1360. The number of hydrogen-bond acceptors (Lipinski definition) is 6. The average Bonchev–Trinajstić information content (AvgIpc) is 3.65. The predicted octanol–water partition coefficient (Wildman–Crippen LogP) is 4.89. The molecule has 2 aliphatic rings. The van der Waals surface area contributed by atoms with Crippen LogP contribution < -0.4 is 20.1 Å². The van der Waals surface area contributed by atoms with Crippen LogP contribution in [0.5, 0.6) is 11.5 Å². The summed E-state index contributed by atoms with van der Waals surface area (Å²) in [6.07, 6.45) is 1.17. The second-order valence-corrected chi connectivity index (χ2v) is 10.3. The van der Waals surface area contributed by atoms with Gasteiger partial charge in [0.1, 0.15) is 11.9 Å². The smallest absolute Gasteiger partial charge is 0.251 e. The van der Waals surface area contributed by atoms with Gasteiger partial charge in [-0.2, -0.15) is 0 Å². The molecule has 3 aromatic rings. The lowest BCUT2D eigenvalue weighted by Gasteiger charge is -2.22. The van der Waals surface area contributed by atoms with E-state index in [9.17, 15) is 14.3 Å². The number of methoxy groups -OCH3 is 1. The summed E-state index contributed by atoms with van der Waals surface area (Å²) in [5.41, 5.74) is 3.66. The summed E-state index contributed by atoms with van der Waals surface area (Å²) < 4.78 is 25.0. The molecular weight excluding hydrogens is 497 g/mol. The third-order valence-electron chi connectivity index (χ3n) is 6.76. The molecule has 0 spiro atoms. The molecule has 1 atom stereocenters. The number of nitrogens with one attached hydrogen (secondary N) is 2. The number of pyridine rings is 1. The molecule has 37 heavy (non-hydrogen) atoms. The van der Waals surface area contributed by atoms with E-state index in [1.807, 2.05) is 19.9 Å².